The Kier molecular flexibility index (Phi) is 6.03. The molecule has 1 N–H and O–H groups in total. The molecule has 6 heteroatoms. The predicted octanol–water partition coefficient (Wildman–Crippen LogP) is 3.27. The maximum atomic E-state index is 13.0. The van der Waals surface area contributed by atoms with E-state index in [0.717, 1.165) is 12.0 Å². The van der Waals surface area contributed by atoms with Crippen LogP contribution < -0.4 is 5.32 Å². The van der Waals surface area contributed by atoms with Gasteiger partial charge in [-0.25, -0.2) is 9.18 Å². The molecule has 1 heterocycles. The van der Waals surface area contributed by atoms with Gasteiger partial charge in [0.25, 0.3) is 0 Å². The Hall–Kier alpha value is -2.11. The Bertz CT molecular complexity index is 610. The van der Waals surface area contributed by atoms with Gasteiger partial charge in [-0.3, -0.25) is 9.69 Å². The summed E-state index contributed by atoms with van der Waals surface area (Å²) in [6.45, 7) is 7.84. The number of hydrogen-bond donors (Lipinski definition) is 1. The lowest BCUT2D eigenvalue weighted by Gasteiger charge is -2.28. The van der Waals surface area contributed by atoms with Crippen LogP contribution in [0, 0.1) is 5.82 Å². The van der Waals surface area contributed by atoms with Gasteiger partial charge >= 0.3 is 6.09 Å². The van der Waals surface area contributed by atoms with Gasteiger partial charge in [-0.2, -0.15) is 0 Å². The highest BCUT2D eigenvalue weighted by molar-refractivity contribution is 5.86. The molecule has 0 saturated carbocycles. The first-order valence-electron chi connectivity index (χ1n) is 8.70. The van der Waals surface area contributed by atoms with Gasteiger partial charge in [-0.05, 0) is 64.7 Å². The van der Waals surface area contributed by atoms with Crippen LogP contribution in [0.2, 0.25) is 0 Å². The summed E-state index contributed by atoms with van der Waals surface area (Å²) >= 11 is 0. The number of halogens is 1. The van der Waals surface area contributed by atoms with E-state index in [9.17, 15) is 14.0 Å². The van der Waals surface area contributed by atoms with Crippen molar-refractivity contribution < 1.29 is 18.7 Å². The third-order valence-electron chi connectivity index (χ3n) is 4.03. The average molecular weight is 350 g/mol. The number of amides is 2. The van der Waals surface area contributed by atoms with Crippen LogP contribution in [0.1, 0.15) is 46.1 Å². The number of benzene rings is 1. The molecule has 1 fully saturated rings. The quantitative estimate of drug-likeness (QED) is 0.907. The summed E-state index contributed by atoms with van der Waals surface area (Å²) in [7, 11) is 0. The van der Waals surface area contributed by atoms with Crippen LogP contribution in [0.25, 0.3) is 0 Å². The molecule has 1 aliphatic heterocycles. The zero-order valence-corrected chi connectivity index (χ0v) is 15.3. The summed E-state index contributed by atoms with van der Waals surface area (Å²) in [6.07, 6.45) is 1.57. The van der Waals surface area contributed by atoms with Crippen LogP contribution in [-0.2, 0) is 16.0 Å². The van der Waals surface area contributed by atoms with E-state index in [4.69, 9.17) is 4.74 Å². The van der Waals surface area contributed by atoms with E-state index in [2.05, 4.69) is 5.32 Å². The van der Waals surface area contributed by atoms with Gasteiger partial charge in [-0.1, -0.05) is 12.1 Å². The molecule has 1 aliphatic rings. The predicted molar refractivity (Wildman–Crippen MR) is 93.7 cm³/mol. The van der Waals surface area contributed by atoms with Gasteiger partial charge in [-0.15, -0.1) is 0 Å². The molecule has 0 radical (unpaired) electrons. The summed E-state index contributed by atoms with van der Waals surface area (Å²) in [5.74, 6) is -0.447. The largest absolute Gasteiger partial charge is 0.444 e. The molecule has 2 unspecified atom stereocenters. The number of nitrogens with one attached hydrogen (secondary N) is 1. The fraction of sp³-hybridized carbons (Fsp3) is 0.579. The van der Waals surface area contributed by atoms with Gasteiger partial charge in [0, 0.05) is 12.6 Å². The number of carbonyl (C=O) groups excluding carboxylic acids is 2. The summed E-state index contributed by atoms with van der Waals surface area (Å²) in [5, 5.41) is 2.95. The Balaban J connectivity index is 1.92. The van der Waals surface area contributed by atoms with E-state index in [1.807, 2.05) is 6.92 Å². The molecule has 0 spiro atoms. The van der Waals surface area contributed by atoms with Crippen LogP contribution in [-0.4, -0.2) is 41.1 Å². The van der Waals surface area contributed by atoms with Gasteiger partial charge in [0.05, 0.1) is 0 Å². The van der Waals surface area contributed by atoms with E-state index in [1.165, 1.54) is 17.0 Å². The first-order chi connectivity index (χ1) is 11.7. The number of carbonyl (C=O) groups is 2. The molecule has 0 aromatic heterocycles. The normalized spacial score (nSPS) is 18.8. The second kappa shape index (κ2) is 7.85. The Labute approximate surface area is 148 Å². The van der Waals surface area contributed by atoms with Crippen molar-refractivity contribution in [3.8, 4) is 0 Å². The van der Waals surface area contributed by atoms with E-state index in [0.29, 0.717) is 19.4 Å². The number of nitrogens with zero attached hydrogens (tertiary/aromatic N) is 1. The Morgan fingerprint density at radius 1 is 1.32 bits per heavy atom. The third-order valence-corrected chi connectivity index (χ3v) is 4.03. The fourth-order valence-corrected chi connectivity index (χ4v) is 2.94. The number of ether oxygens (including phenoxy) is 1. The van der Waals surface area contributed by atoms with Crippen molar-refractivity contribution in [2.24, 2.45) is 0 Å². The third kappa shape index (κ3) is 5.73. The molecule has 1 saturated heterocycles. The highest BCUT2D eigenvalue weighted by atomic mass is 19.1. The van der Waals surface area contributed by atoms with Crippen molar-refractivity contribution in [3.05, 3.63) is 35.6 Å². The molecule has 25 heavy (non-hydrogen) atoms. The lowest BCUT2D eigenvalue weighted by Crippen LogP contribution is -2.49. The molecule has 2 rings (SSSR count). The van der Waals surface area contributed by atoms with Crippen molar-refractivity contribution >= 4 is 12.0 Å². The standard InChI is InChI=1S/C19H27FN2O3/c1-13(12-14-7-9-15(20)10-8-14)21-17(23)16-6-5-11-22(16)18(24)25-19(2,3)4/h7-10,13,16H,5-6,11-12H2,1-4H3,(H,21,23). The lowest BCUT2D eigenvalue weighted by atomic mass is 10.1. The van der Waals surface area contributed by atoms with E-state index in [-0.39, 0.29) is 17.8 Å². The number of rotatable bonds is 4. The molecule has 138 valence electrons. The zero-order valence-electron chi connectivity index (χ0n) is 15.3. The maximum absolute atomic E-state index is 13.0. The van der Waals surface area contributed by atoms with Crippen LogP contribution in [0.5, 0.6) is 0 Å². The molecule has 1 aromatic rings. The van der Waals surface area contributed by atoms with Crippen molar-refractivity contribution in [2.45, 2.75) is 64.6 Å². The molecule has 5 nitrogen and oxygen atoms in total. The van der Waals surface area contributed by atoms with Crippen LogP contribution >= 0.6 is 0 Å². The molecule has 2 atom stereocenters. The molecule has 1 aromatic carbocycles. The maximum Gasteiger partial charge on any atom is 0.410 e. The van der Waals surface area contributed by atoms with Crippen LogP contribution in [0.15, 0.2) is 24.3 Å². The lowest BCUT2D eigenvalue weighted by molar-refractivity contribution is -0.126. The second-order valence-electron chi connectivity index (χ2n) is 7.57. The van der Waals surface area contributed by atoms with Gasteiger partial charge < -0.3 is 10.1 Å². The van der Waals surface area contributed by atoms with Crippen LogP contribution in [0.4, 0.5) is 9.18 Å². The van der Waals surface area contributed by atoms with Crippen molar-refractivity contribution in [1.29, 1.82) is 0 Å². The summed E-state index contributed by atoms with van der Waals surface area (Å²) in [6, 6.07) is 5.63. The summed E-state index contributed by atoms with van der Waals surface area (Å²) in [4.78, 5) is 26.3. The van der Waals surface area contributed by atoms with Crippen molar-refractivity contribution in [2.75, 3.05) is 6.54 Å². The number of likely N-dealkylation sites (tertiary alicyclic amines) is 1. The minimum atomic E-state index is -0.587. The van der Waals surface area contributed by atoms with Gasteiger partial charge in [0.15, 0.2) is 0 Å². The van der Waals surface area contributed by atoms with Crippen LogP contribution in [0.3, 0.4) is 0 Å². The zero-order chi connectivity index (χ0) is 18.6. The second-order valence-corrected chi connectivity index (χ2v) is 7.57. The monoisotopic (exact) mass is 350 g/mol. The molecular formula is C19H27FN2O3. The Morgan fingerprint density at radius 3 is 2.56 bits per heavy atom. The highest BCUT2D eigenvalue weighted by Gasteiger charge is 2.36. The smallest absolute Gasteiger partial charge is 0.410 e. The van der Waals surface area contributed by atoms with E-state index < -0.39 is 17.7 Å². The van der Waals surface area contributed by atoms with E-state index >= 15 is 0 Å². The fourth-order valence-electron chi connectivity index (χ4n) is 2.94. The minimum Gasteiger partial charge on any atom is -0.444 e. The molecule has 0 bridgehead atoms. The molecular weight excluding hydrogens is 323 g/mol. The SMILES string of the molecule is CC(Cc1ccc(F)cc1)NC(=O)C1CCCN1C(=O)OC(C)(C)C. The molecule has 2 amide bonds. The average Bonchev–Trinajstić information content (AvgIpc) is 2.97. The number of hydrogen-bond acceptors (Lipinski definition) is 3. The molecule has 0 aliphatic carbocycles. The summed E-state index contributed by atoms with van der Waals surface area (Å²) in [5.41, 5.74) is 0.362. The van der Waals surface area contributed by atoms with Crippen molar-refractivity contribution in [1.82, 2.24) is 10.2 Å². The minimum absolute atomic E-state index is 0.112. The van der Waals surface area contributed by atoms with Crippen molar-refractivity contribution in [3.63, 3.8) is 0 Å². The highest BCUT2D eigenvalue weighted by Crippen LogP contribution is 2.21. The Morgan fingerprint density at radius 2 is 1.96 bits per heavy atom. The van der Waals surface area contributed by atoms with Gasteiger partial charge in [0.1, 0.15) is 17.5 Å². The summed E-state index contributed by atoms with van der Waals surface area (Å²) < 4.78 is 18.3. The van der Waals surface area contributed by atoms with E-state index in [1.54, 1.807) is 32.9 Å². The van der Waals surface area contributed by atoms with Gasteiger partial charge in [0.2, 0.25) is 5.91 Å². The first-order valence-corrected chi connectivity index (χ1v) is 8.70. The first kappa shape index (κ1) is 19.2. The topological polar surface area (TPSA) is 58.6 Å².